The van der Waals surface area contributed by atoms with Crippen LogP contribution in [-0.4, -0.2) is 15.7 Å². The first-order valence-corrected chi connectivity index (χ1v) is 4.19. The van der Waals surface area contributed by atoms with Crippen LogP contribution in [0.15, 0.2) is 29.0 Å². The van der Waals surface area contributed by atoms with Crippen LogP contribution in [0.25, 0.3) is 5.65 Å². The third kappa shape index (κ3) is 0.956. The van der Waals surface area contributed by atoms with E-state index in [1.54, 1.807) is 16.8 Å². The standard InChI is InChI=1S/C8H5BrN2O/c9-7-2-1-3-11-6(5-12)4-10-8(7)11/h1-5H. The van der Waals surface area contributed by atoms with Crippen LogP contribution >= 0.6 is 15.9 Å². The van der Waals surface area contributed by atoms with Gasteiger partial charge in [-0.15, -0.1) is 0 Å². The van der Waals surface area contributed by atoms with E-state index in [9.17, 15) is 4.79 Å². The first-order chi connectivity index (χ1) is 5.83. The smallest absolute Gasteiger partial charge is 0.168 e. The maximum absolute atomic E-state index is 10.5. The number of halogens is 1. The second-order valence-corrected chi connectivity index (χ2v) is 3.20. The van der Waals surface area contributed by atoms with Crippen LogP contribution in [0.3, 0.4) is 0 Å². The molecule has 0 bridgehead atoms. The number of nitrogens with zero attached hydrogens (tertiary/aromatic N) is 2. The Morgan fingerprint density at radius 1 is 1.58 bits per heavy atom. The lowest BCUT2D eigenvalue weighted by Crippen LogP contribution is -1.89. The predicted molar refractivity (Wildman–Crippen MR) is 48.3 cm³/mol. The van der Waals surface area contributed by atoms with Gasteiger partial charge in [0, 0.05) is 6.20 Å². The van der Waals surface area contributed by atoms with Crippen molar-refractivity contribution in [1.82, 2.24) is 9.38 Å². The lowest BCUT2D eigenvalue weighted by atomic mass is 10.4. The summed E-state index contributed by atoms with van der Waals surface area (Å²) in [5.41, 5.74) is 1.32. The Kier molecular flexibility index (Phi) is 1.69. The second-order valence-electron chi connectivity index (χ2n) is 2.35. The molecule has 0 radical (unpaired) electrons. The Bertz CT molecular complexity index is 436. The summed E-state index contributed by atoms with van der Waals surface area (Å²) in [7, 11) is 0. The van der Waals surface area contributed by atoms with Gasteiger partial charge in [-0.1, -0.05) is 0 Å². The Hall–Kier alpha value is -1.16. The fourth-order valence-electron chi connectivity index (χ4n) is 1.08. The molecule has 0 unspecified atom stereocenters. The zero-order valence-electron chi connectivity index (χ0n) is 6.07. The molecule has 3 nitrogen and oxygen atoms in total. The van der Waals surface area contributed by atoms with Crippen molar-refractivity contribution in [3.63, 3.8) is 0 Å². The first kappa shape index (κ1) is 7.49. The highest BCUT2D eigenvalue weighted by atomic mass is 79.9. The summed E-state index contributed by atoms with van der Waals surface area (Å²) in [6.07, 6.45) is 4.14. The summed E-state index contributed by atoms with van der Waals surface area (Å²) in [6.45, 7) is 0. The molecule has 2 heterocycles. The van der Waals surface area contributed by atoms with Crippen molar-refractivity contribution in [3.05, 3.63) is 34.7 Å². The van der Waals surface area contributed by atoms with Gasteiger partial charge in [-0.25, -0.2) is 4.98 Å². The zero-order valence-corrected chi connectivity index (χ0v) is 7.65. The normalized spacial score (nSPS) is 10.4. The number of imidazole rings is 1. The highest BCUT2D eigenvalue weighted by Gasteiger charge is 2.02. The number of hydrogen-bond acceptors (Lipinski definition) is 2. The van der Waals surface area contributed by atoms with Gasteiger partial charge in [0.25, 0.3) is 0 Å². The molecule has 12 heavy (non-hydrogen) atoms. The highest BCUT2D eigenvalue weighted by molar-refractivity contribution is 9.10. The van der Waals surface area contributed by atoms with E-state index in [1.165, 1.54) is 0 Å². The fourth-order valence-corrected chi connectivity index (χ4v) is 1.53. The van der Waals surface area contributed by atoms with Gasteiger partial charge in [-0.3, -0.25) is 9.20 Å². The van der Waals surface area contributed by atoms with Gasteiger partial charge in [0.15, 0.2) is 11.9 Å². The van der Waals surface area contributed by atoms with E-state index in [4.69, 9.17) is 0 Å². The van der Waals surface area contributed by atoms with Gasteiger partial charge in [-0.05, 0) is 28.1 Å². The van der Waals surface area contributed by atoms with Crippen molar-refractivity contribution in [2.24, 2.45) is 0 Å². The fraction of sp³-hybridized carbons (Fsp3) is 0. The van der Waals surface area contributed by atoms with E-state index in [2.05, 4.69) is 20.9 Å². The summed E-state index contributed by atoms with van der Waals surface area (Å²) in [4.78, 5) is 14.6. The van der Waals surface area contributed by atoms with Crippen molar-refractivity contribution < 1.29 is 4.79 Å². The molecule has 2 aromatic rings. The Morgan fingerprint density at radius 3 is 3.17 bits per heavy atom. The van der Waals surface area contributed by atoms with Crippen molar-refractivity contribution in [2.45, 2.75) is 0 Å². The first-order valence-electron chi connectivity index (χ1n) is 3.39. The SMILES string of the molecule is O=Cc1cnc2c(Br)cccn12. The third-order valence-corrected chi connectivity index (χ3v) is 2.26. The van der Waals surface area contributed by atoms with Crippen LogP contribution in [0.4, 0.5) is 0 Å². The highest BCUT2D eigenvalue weighted by Crippen LogP contribution is 2.16. The lowest BCUT2D eigenvalue weighted by molar-refractivity contribution is 0.111. The molecule has 0 amide bonds. The average molecular weight is 225 g/mol. The van der Waals surface area contributed by atoms with E-state index in [-0.39, 0.29) is 0 Å². The van der Waals surface area contributed by atoms with Gasteiger partial charge in [0.05, 0.1) is 10.7 Å². The summed E-state index contributed by atoms with van der Waals surface area (Å²) in [5, 5.41) is 0. The molecule has 0 aliphatic carbocycles. The van der Waals surface area contributed by atoms with E-state index in [0.29, 0.717) is 5.69 Å². The van der Waals surface area contributed by atoms with Crippen LogP contribution in [0.5, 0.6) is 0 Å². The number of aldehydes is 1. The summed E-state index contributed by atoms with van der Waals surface area (Å²) in [6, 6.07) is 3.74. The Morgan fingerprint density at radius 2 is 2.42 bits per heavy atom. The van der Waals surface area contributed by atoms with Gasteiger partial charge < -0.3 is 0 Å². The minimum Gasteiger partial charge on any atom is -0.296 e. The topological polar surface area (TPSA) is 34.4 Å². The molecular weight excluding hydrogens is 220 g/mol. The molecular formula is C8H5BrN2O. The van der Waals surface area contributed by atoms with Gasteiger partial charge in [0.2, 0.25) is 0 Å². The number of carbonyl (C=O) groups excluding carboxylic acids is 1. The minimum atomic E-state index is 0.561. The maximum Gasteiger partial charge on any atom is 0.168 e. The molecule has 0 spiro atoms. The van der Waals surface area contributed by atoms with Crippen molar-refractivity contribution in [2.75, 3.05) is 0 Å². The molecule has 0 saturated heterocycles. The van der Waals surface area contributed by atoms with E-state index >= 15 is 0 Å². The molecule has 0 aliphatic heterocycles. The minimum absolute atomic E-state index is 0.561. The number of hydrogen-bond donors (Lipinski definition) is 0. The summed E-state index contributed by atoms with van der Waals surface area (Å²) >= 11 is 3.34. The molecule has 4 heteroatoms. The molecule has 2 rings (SSSR count). The largest absolute Gasteiger partial charge is 0.296 e. The molecule has 0 saturated carbocycles. The molecule has 0 atom stereocenters. The Labute approximate surface area is 77.2 Å². The average Bonchev–Trinajstić information content (AvgIpc) is 2.49. The lowest BCUT2D eigenvalue weighted by Gasteiger charge is -1.95. The van der Waals surface area contributed by atoms with Gasteiger partial charge in [0.1, 0.15) is 5.69 Å². The number of rotatable bonds is 1. The molecule has 0 aliphatic rings. The Balaban J connectivity index is 2.88. The van der Waals surface area contributed by atoms with Gasteiger partial charge >= 0.3 is 0 Å². The summed E-state index contributed by atoms with van der Waals surface area (Å²) < 4.78 is 2.62. The van der Waals surface area contributed by atoms with Gasteiger partial charge in [-0.2, -0.15) is 0 Å². The number of carbonyl (C=O) groups is 1. The molecule has 60 valence electrons. The molecule has 2 aromatic heterocycles. The van der Waals surface area contributed by atoms with Crippen molar-refractivity contribution >= 4 is 27.9 Å². The van der Waals surface area contributed by atoms with Crippen LogP contribution in [0.1, 0.15) is 10.5 Å². The van der Waals surface area contributed by atoms with E-state index in [1.807, 2.05) is 12.1 Å². The van der Waals surface area contributed by atoms with Crippen LogP contribution in [0.2, 0.25) is 0 Å². The van der Waals surface area contributed by atoms with Crippen LogP contribution in [0, 0.1) is 0 Å². The maximum atomic E-state index is 10.5. The van der Waals surface area contributed by atoms with Crippen molar-refractivity contribution in [1.29, 1.82) is 0 Å². The summed E-state index contributed by atoms with van der Waals surface area (Å²) in [5.74, 6) is 0. The van der Waals surface area contributed by atoms with E-state index in [0.717, 1.165) is 16.4 Å². The number of aromatic nitrogens is 2. The number of fused-ring (bicyclic) bond motifs is 1. The van der Waals surface area contributed by atoms with E-state index < -0.39 is 0 Å². The zero-order chi connectivity index (χ0) is 8.55. The second kappa shape index (κ2) is 2.71. The monoisotopic (exact) mass is 224 g/mol. The molecule has 0 fully saturated rings. The van der Waals surface area contributed by atoms with Crippen LogP contribution in [-0.2, 0) is 0 Å². The predicted octanol–water partition coefficient (Wildman–Crippen LogP) is 1.91. The molecule has 0 N–H and O–H groups in total. The molecule has 0 aromatic carbocycles. The van der Waals surface area contributed by atoms with Crippen LogP contribution < -0.4 is 0 Å². The quantitative estimate of drug-likeness (QED) is 0.694. The van der Waals surface area contributed by atoms with Crippen molar-refractivity contribution in [3.8, 4) is 0 Å². The third-order valence-electron chi connectivity index (χ3n) is 1.64. The number of pyridine rings is 1.